The van der Waals surface area contributed by atoms with Gasteiger partial charge in [0.15, 0.2) is 6.61 Å². The van der Waals surface area contributed by atoms with Gasteiger partial charge in [0, 0.05) is 5.02 Å². The fraction of sp³-hybridized carbons (Fsp3) is 0.0588. The van der Waals surface area contributed by atoms with Crippen molar-refractivity contribution in [1.29, 1.82) is 0 Å². The number of nitrogens with zero attached hydrogens (tertiary/aromatic N) is 3. The van der Waals surface area contributed by atoms with Gasteiger partial charge in [-0.3, -0.25) is 4.79 Å². The number of esters is 1. The van der Waals surface area contributed by atoms with Crippen LogP contribution in [-0.4, -0.2) is 33.2 Å². The van der Waals surface area contributed by atoms with Crippen LogP contribution < -0.4 is 5.32 Å². The molecule has 0 spiro atoms. The molecule has 1 heterocycles. The van der Waals surface area contributed by atoms with Crippen molar-refractivity contribution in [1.82, 2.24) is 14.8 Å². The number of ether oxygens (including phenoxy) is 1. The minimum absolute atomic E-state index is 0.0175. The number of hydrogen-bond donors (Lipinski definition) is 1. The van der Waals surface area contributed by atoms with E-state index in [4.69, 9.17) is 16.3 Å². The first kappa shape index (κ1) is 17.6. The van der Waals surface area contributed by atoms with E-state index < -0.39 is 24.3 Å². The van der Waals surface area contributed by atoms with E-state index in [0.717, 1.165) is 6.07 Å². The summed E-state index contributed by atoms with van der Waals surface area (Å²) in [6, 6.07) is 9.83. The second kappa shape index (κ2) is 7.75. The second-order valence-electron chi connectivity index (χ2n) is 5.14. The quantitative estimate of drug-likeness (QED) is 0.694. The van der Waals surface area contributed by atoms with Crippen LogP contribution in [0.5, 0.6) is 0 Å². The molecule has 7 nitrogen and oxygen atoms in total. The van der Waals surface area contributed by atoms with E-state index in [9.17, 15) is 14.0 Å². The molecule has 9 heteroatoms. The Morgan fingerprint density at radius 3 is 2.81 bits per heavy atom. The van der Waals surface area contributed by atoms with Crippen molar-refractivity contribution in [3.8, 4) is 5.69 Å². The zero-order chi connectivity index (χ0) is 18.5. The molecule has 0 fully saturated rings. The number of aromatic nitrogens is 3. The van der Waals surface area contributed by atoms with E-state index in [2.05, 4.69) is 15.4 Å². The summed E-state index contributed by atoms with van der Waals surface area (Å²) in [5.74, 6) is -1.96. The fourth-order valence-electron chi connectivity index (χ4n) is 2.16. The first-order valence-electron chi connectivity index (χ1n) is 7.40. The summed E-state index contributed by atoms with van der Waals surface area (Å²) >= 11 is 5.97. The molecule has 0 radical (unpaired) electrons. The molecule has 0 unspecified atom stereocenters. The van der Waals surface area contributed by atoms with Crippen molar-refractivity contribution < 1.29 is 18.7 Å². The monoisotopic (exact) mass is 374 g/mol. The van der Waals surface area contributed by atoms with Crippen molar-refractivity contribution >= 4 is 29.2 Å². The molecule has 0 aliphatic rings. The molecule has 0 saturated heterocycles. The lowest BCUT2D eigenvalue weighted by atomic mass is 10.2. The van der Waals surface area contributed by atoms with Gasteiger partial charge in [-0.2, -0.15) is 5.10 Å². The van der Waals surface area contributed by atoms with Gasteiger partial charge in [-0.05, 0) is 36.4 Å². The molecule has 0 aliphatic heterocycles. The molecule has 3 rings (SSSR count). The van der Waals surface area contributed by atoms with Crippen molar-refractivity contribution in [3.63, 3.8) is 0 Å². The second-order valence-corrected chi connectivity index (χ2v) is 5.57. The number of anilines is 1. The van der Waals surface area contributed by atoms with E-state index in [1.54, 1.807) is 12.1 Å². The van der Waals surface area contributed by atoms with Crippen LogP contribution in [-0.2, 0) is 9.53 Å². The van der Waals surface area contributed by atoms with Gasteiger partial charge < -0.3 is 10.1 Å². The molecule has 0 saturated carbocycles. The minimum atomic E-state index is -0.803. The topological polar surface area (TPSA) is 86.1 Å². The van der Waals surface area contributed by atoms with Crippen molar-refractivity contribution in [3.05, 3.63) is 71.5 Å². The van der Waals surface area contributed by atoms with Gasteiger partial charge in [0.2, 0.25) is 0 Å². The number of hydrogen-bond acceptors (Lipinski definition) is 5. The smallest absolute Gasteiger partial charge is 0.338 e. The molecule has 1 aromatic heterocycles. The highest BCUT2D eigenvalue weighted by Gasteiger charge is 2.13. The Bertz CT molecular complexity index is 947. The Kier molecular flexibility index (Phi) is 5.23. The molecule has 1 amide bonds. The number of amides is 1. The van der Waals surface area contributed by atoms with E-state index in [1.165, 1.54) is 41.6 Å². The van der Waals surface area contributed by atoms with Crippen molar-refractivity contribution in [2.45, 2.75) is 0 Å². The molecule has 1 N–H and O–H groups in total. The molecule has 2 aromatic carbocycles. The first-order valence-corrected chi connectivity index (χ1v) is 7.78. The van der Waals surface area contributed by atoms with Crippen LogP contribution in [0.2, 0.25) is 5.02 Å². The highest BCUT2D eigenvalue weighted by molar-refractivity contribution is 6.31. The lowest BCUT2D eigenvalue weighted by molar-refractivity contribution is -0.119. The Balaban J connectivity index is 1.67. The Morgan fingerprint density at radius 1 is 1.23 bits per heavy atom. The van der Waals surface area contributed by atoms with Crippen LogP contribution in [0.25, 0.3) is 5.69 Å². The molecular weight excluding hydrogens is 363 g/mol. The van der Waals surface area contributed by atoms with E-state index >= 15 is 0 Å². The van der Waals surface area contributed by atoms with Gasteiger partial charge in [0.1, 0.15) is 18.5 Å². The van der Waals surface area contributed by atoms with E-state index in [-0.39, 0.29) is 5.56 Å². The zero-order valence-corrected chi connectivity index (χ0v) is 14.0. The zero-order valence-electron chi connectivity index (χ0n) is 13.2. The summed E-state index contributed by atoms with van der Waals surface area (Å²) in [6.07, 6.45) is 2.81. The molecule has 132 valence electrons. The van der Waals surface area contributed by atoms with Crippen molar-refractivity contribution in [2.75, 3.05) is 11.9 Å². The summed E-state index contributed by atoms with van der Waals surface area (Å²) < 4.78 is 19.5. The third-order valence-electron chi connectivity index (χ3n) is 3.29. The fourth-order valence-corrected chi connectivity index (χ4v) is 2.33. The normalized spacial score (nSPS) is 10.4. The van der Waals surface area contributed by atoms with Gasteiger partial charge in [-0.25, -0.2) is 18.9 Å². The predicted octanol–water partition coefficient (Wildman–Crippen LogP) is 2.86. The maximum Gasteiger partial charge on any atom is 0.338 e. The Hall–Kier alpha value is -3.26. The van der Waals surface area contributed by atoms with Gasteiger partial charge in [-0.1, -0.05) is 17.7 Å². The molecule has 0 atom stereocenters. The van der Waals surface area contributed by atoms with Crippen LogP contribution >= 0.6 is 11.6 Å². The maximum absolute atomic E-state index is 13.1. The number of benzene rings is 2. The number of rotatable bonds is 5. The third kappa shape index (κ3) is 4.22. The first-order chi connectivity index (χ1) is 12.5. The lowest BCUT2D eigenvalue weighted by Gasteiger charge is -2.11. The highest BCUT2D eigenvalue weighted by atomic mass is 35.5. The number of halogens is 2. The van der Waals surface area contributed by atoms with Gasteiger partial charge in [0.25, 0.3) is 5.91 Å². The number of carbonyl (C=O) groups is 2. The Labute approximate surface area is 152 Å². The predicted molar refractivity (Wildman–Crippen MR) is 91.7 cm³/mol. The van der Waals surface area contributed by atoms with Crippen LogP contribution in [0.4, 0.5) is 10.1 Å². The molecule has 0 aliphatic carbocycles. The molecule has 0 bridgehead atoms. The van der Waals surface area contributed by atoms with E-state index in [0.29, 0.717) is 16.4 Å². The van der Waals surface area contributed by atoms with E-state index in [1.807, 2.05) is 0 Å². The number of nitrogens with one attached hydrogen (secondary N) is 1. The largest absolute Gasteiger partial charge is 0.452 e. The average Bonchev–Trinajstić information content (AvgIpc) is 3.14. The van der Waals surface area contributed by atoms with Crippen LogP contribution in [0.15, 0.2) is 55.1 Å². The van der Waals surface area contributed by atoms with Crippen LogP contribution in [0, 0.1) is 5.82 Å². The number of carbonyl (C=O) groups excluding carboxylic acids is 2. The van der Waals surface area contributed by atoms with Gasteiger partial charge >= 0.3 is 5.97 Å². The molecule has 26 heavy (non-hydrogen) atoms. The lowest BCUT2D eigenvalue weighted by Crippen LogP contribution is -2.21. The Morgan fingerprint density at radius 2 is 2.08 bits per heavy atom. The van der Waals surface area contributed by atoms with Crippen molar-refractivity contribution in [2.24, 2.45) is 0 Å². The summed E-state index contributed by atoms with van der Waals surface area (Å²) in [4.78, 5) is 27.8. The third-order valence-corrected chi connectivity index (χ3v) is 3.53. The standard InChI is InChI=1S/C17H12ClFN4O3/c18-12-4-5-15(23-10-20-9-21-23)14(7-12)22-16(24)8-26-17(25)11-2-1-3-13(19)6-11/h1-7,9-10H,8H2,(H,22,24). The maximum atomic E-state index is 13.1. The summed E-state index contributed by atoms with van der Waals surface area (Å²) in [7, 11) is 0. The SMILES string of the molecule is O=C(COC(=O)c1cccc(F)c1)Nc1cc(Cl)ccc1-n1cncn1. The molecule has 3 aromatic rings. The average molecular weight is 375 g/mol. The van der Waals surface area contributed by atoms with Gasteiger partial charge in [-0.15, -0.1) is 0 Å². The summed E-state index contributed by atoms with van der Waals surface area (Å²) in [5.41, 5.74) is 0.926. The summed E-state index contributed by atoms with van der Waals surface area (Å²) in [6.45, 7) is -0.543. The molecular formula is C17H12ClFN4O3. The van der Waals surface area contributed by atoms with Crippen LogP contribution in [0.3, 0.4) is 0 Å². The van der Waals surface area contributed by atoms with Gasteiger partial charge in [0.05, 0.1) is 16.9 Å². The van der Waals surface area contributed by atoms with Crippen LogP contribution in [0.1, 0.15) is 10.4 Å². The highest BCUT2D eigenvalue weighted by Crippen LogP contribution is 2.23. The minimum Gasteiger partial charge on any atom is -0.452 e. The summed E-state index contributed by atoms with van der Waals surface area (Å²) in [5, 5.41) is 6.99.